The van der Waals surface area contributed by atoms with E-state index in [0.717, 1.165) is 6.07 Å². The number of aryl methyl sites for hydroxylation is 1. The minimum atomic E-state index is -4.75. The minimum absolute atomic E-state index is 0.115. The third kappa shape index (κ3) is 3.84. The number of methoxy groups -OCH3 is 1. The third-order valence-corrected chi connectivity index (χ3v) is 4.10. The molecule has 0 saturated heterocycles. The summed E-state index contributed by atoms with van der Waals surface area (Å²) in [5.41, 5.74) is 1.02. The van der Waals surface area contributed by atoms with Crippen molar-refractivity contribution in [3.8, 4) is 17.2 Å². The molecule has 0 unspecified atom stereocenters. The molecule has 0 aliphatic carbocycles. The normalized spacial score (nSPS) is 16.6. The maximum Gasteiger partial charge on any atom is 0.507 e. The number of ketones is 1. The topological polar surface area (TPSA) is 44.8 Å². The Balaban J connectivity index is 1.64. The van der Waals surface area contributed by atoms with Crippen LogP contribution in [-0.4, -0.2) is 25.1 Å². The molecule has 4 nitrogen and oxygen atoms in total. The first-order valence-corrected chi connectivity index (χ1v) is 8.16. The zero-order chi connectivity index (χ0) is 19.7. The first-order chi connectivity index (χ1) is 12.7. The number of hydrogen-bond donors (Lipinski definition) is 0. The Bertz CT molecular complexity index is 851. The van der Waals surface area contributed by atoms with Crippen LogP contribution >= 0.6 is 0 Å². The van der Waals surface area contributed by atoms with Crippen molar-refractivity contribution in [2.45, 2.75) is 31.5 Å². The molecule has 3 rings (SSSR count). The third-order valence-electron chi connectivity index (χ3n) is 4.10. The van der Waals surface area contributed by atoms with E-state index in [2.05, 4.69) is 9.47 Å². The number of rotatable bonds is 6. The van der Waals surface area contributed by atoms with Crippen LogP contribution in [0.3, 0.4) is 0 Å². The van der Waals surface area contributed by atoms with Gasteiger partial charge in [0, 0.05) is 6.42 Å². The molecule has 2 aromatic carbocycles. The highest BCUT2D eigenvalue weighted by molar-refractivity contribution is 5.98. The van der Waals surface area contributed by atoms with Crippen LogP contribution in [0, 0.1) is 0 Å². The number of fused-ring (bicyclic) bond motifs is 1. The van der Waals surface area contributed by atoms with Crippen LogP contribution in [0.5, 0.6) is 17.2 Å². The summed E-state index contributed by atoms with van der Waals surface area (Å²) in [4.78, 5) is 12.3. The van der Waals surface area contributed by atoms with Gasteiger partial charge < -0.3 is 14.2 Å². The minimum Gasteiger partial charge on any atom is -0.496 e. The fourth-order valence-corrected chi connectivity index (χ4v) is 2.73. The second kappa shape index (κ2) is 7.09. The molecule has 27 heavy (non-hydrogen) atoms. The molecule has 0 radical (unpaired) electrons. The number of alkyl halides is 4. The van der Waals surface area contributed by atoms with Crippen molar-refractivity contribution >= 4 is 5.78 Å². The van der Waals surface area contributed by atoms with Gasteiger partial charge in [-0.2, -0.15) is 17.6 Å². The van der Waals surface area contributed by atoms with Gasteiger partial charge in [-0.25, -0.2) is 0 Å². The largest absolute Gasteiger partial charge is 0.507 e. The molecule has 1 aliphatic heterocycles. The van der Waals surface area contributed by atoms with E-state index in [1.165, 1.54) is 19.2 Å². The molecule has 0 fully saturated rings. The van der Waals surface area contributed by atoms with Crippen LogP contribution in [0.2, 0.25) is 0 Å². The second-order valence-corrected chi connectivity index (χ2v) is 6.00. The number of benzene rings is 2. The lowest BCUT2D eigenvalue weighted by atomic mass is 10.0. The van der Waals surface area contributed by atoms with Gasteiger partial charge in [-0.3, -0.25) is 4.79 Å². The van der Waals surface area contributed by atoms with Gasteiger partial charge in [-0.15, -0.1) is 0 Å². The van der Waals surface area contributed by atoms with Gasteiger partial charge >= 0.3 is 12.2 Å². The van der Waals surface area contributed by atoms with E-state index in [-0.39, 0.29) is 12.2 Å². The van der Waals surface area contributed by atoms with E-state index in [0.29, 0.717) is 29.7 Å². The van der Waals surface area contributed by atoms with Crippen molar-refractivity contribution in [3.05, 3.63) is 53.6 Å². The Hall–Kier alpha value is -2.77. The molecule has 0 atom stereocenters. The maximum atomic E-state index is 13.3. The number of para-hydroxylation sites is 1. The van der Waals surface area contributed by atoms with Crippen molar-refractivity contribution in [1.29, 1.82) is 0 Å². The second-order valence-electron chi connectivity index (χ2n) is 6.00. The van der Waals surface area contributed by atoms with Gasteiger partial charge in [0.15, 0.2) is 17.3 Å². The standard InChI is InChI=1S/C19H16F4O4/c1-25-15-8-3-2-6-13(15)14(24)7-4-5-12-9-10-16-17(11-12)27-19(22,23)18(20,21)26-16/h2-3,6,8-11H,4-5,7H2,1H3. The Morgan fingerprint density at radius 2 is 1.67 bits per heavy atom. The number of ether oxygens (including phenoxy) is 3. The van der Waals surface area contributed by atoms with Crippen LogP contribution < -0.4 is 14.2 Å². The molecule has 144 valence electrons. The summed E-state index contributed by atoms with van der Waals surface area (Å²) in [5, 5.41) is 0. The summed E-state index contributed by atoms with van der Waals surface area (Å²) in [7, 11) is 1.47. The smallest absolute Gasteiger partial charge is 0.496 e. The molecule has 0 amide bonds. The van der Waals surface area contributed by atoms with Crippen LogP contribution in [0.25, 0.3) is 0 Å². The lowest BCUT2D eigenvalue weighted by Gasteiger charge is -2.31. The number of halogens is 4. The monoisotopic (exact) mass is 384 g/mol. The fourth-order valence-electron chi connectivity index (χ4n) is 2.73. The SMILES string of the molecule is COc1ccccc1C(=O)CCCc1ccc2c(c1)OC(F)(F)C(F)(F)O2. The molecular weight excluding hydrogens is 368 g/mol. The van der Waals surface area contributed by atoms with Crippen LogP contribution in [0.4, 0.5) is 17.6 Å². The van der Waals surface area contributed by atoms with Gasteiger partial charge in [-0.1, -0.05) is 18.2 Å². The van der Waals surface area contributed by atoms with Crippen molar-refractivity contribution < 1.29 is 36.6 Å². The van der Waals surface area contributed by atoms with Gasteiger partial charge in [0.1, 0.15) is 5.75 Å². The van der Waals surface area contributed by atoms with Crippen LogP contribution in [0.1, 0.15) is 28.8 Å². The van der Waals surface area contributed by atoms with Gasteiger partial charge in [0.25, 0.3) is 0 Å². The summed E-state index contributed by atoms with van der Waals surface area (Å²) in [6.07, 6.45) is -8.47. The fraction of sp³-hybridized carbons (Fsp3) is 0.316. The number of Topliss-reactive ketones (excluding diaryl/α,β-unsaturated/α-hetero) is 1. The molecule has 8 heteroatoms. The quantitative estimate of drug-likeness (QED) is 0.527. The van der Waals surface area contributed by atoms with Crippen LogP contribution in [-0.2, 0) is 6.42 Å². The highest BCUT2D eigenvalue weighted by Crippen LogP contribution is 2.47. The number of carbonyl (C=O) groups excluding carboxylic acids is 1. The van der Waals surface area contributed by atoms with E-state index < -0.39 is 23.7 Å². The Morgan fingerprint density at radius 3 is 2.37 bits per heavy atom. The summed E-state index contributed by atoms with van der Waals surface area (Å²) in [5.74, 6) is -0.555. The molecule has 0 bridgehead atoms. The predicted octanol–water partition coefficient (Wildman–Crippen LogP) is 4.86. The molecule has 0 N–H and O–H groups in total. The molecule has 0 aromatic heterocycles. The van der Waals surface area contributed by atoms with E-state index in [1.54, 1.807) is 24.3 Å². The van der Waals surface area contributed by atoms with E-state index >= 15 is 0 Å². The van der Waals surface area contributed by atoms with E-state index in [9.17, 15) is 22.4 Å². The predicted molar refractivity (Wildman–Crippen MR) is 87.9 cm³/mol. The summed E-state index contributed by atoms with van der Waals surface area (Å²) < 4.78 is 66.1. The van der Waals surface area contributed by atoms with Gasteiger partial charge in [-0.05, 0) is 42.7 Å². The lowest BCUT2D eigenvalue weighted by Crippen LogP contribution is -2.52. The van der Waals surface area contributed by atoms with Crippen molar-refractivity contribution in [2.24, 2.45) is 0 Å². The van der Waals surface area contributed by atoms with Gasteiger partial charge in [0.05, 0.1) is 12.7 Å². The molecule has 2 aromatic rings. The summed E-state index contributed by atoms with van der Waals surface area (Å²) >= 11 is 0. The van der Waals surface area contributed by atoms with E-state index in [1.807, 2.05) is 0 Å². The Morgan fingerprint density at radius 1 is 1.00 bits per heavy atom. The van der Waals surface area contributed by atoms with E-state index in [4.69, 9.17) is 4.74 Å². The Labute approximate surface area is 152 Å². The maximum absolute atomic E-state index is 13.3. The highest BCUT2D eigenvalue weighted by Gasteiger charge is 2.65. The zero-order valence-electron chi connectivity index (χ0n) is 14.3. The first kappa shape index (κ1) is 19.0. The van der Waals surface area contributed by atoms with Crippen molar-refractivity contribution in [2.75, 3.05) is 7.11 Å². The van der Waals surface area contributed by atoms with Gasteiger partial charge in [0.2, 0.25) is 0 Å². The molecular formula is C19H16F4O4. The highest BCUT2D eigenvalue weighted by atomic mass is 19.3. The first-order valence-electron chi connectivity index (χ1n) is 8.16. The lowest BCUT2D eigenvalue weighted by molar-refractivity contribution is -0.391. The zero-order valence-corrected chi connectivity index (χ0v) is 14.3. The average Bonchev–Trinajstić information content (AvgIpc) is 2.62. The Kier molecular flexibility index (Phi) is 4.99. The average molecular weight is 384 g/mol. The van der Waals surface area contributed by atoms with Crippen molar-refractivity contribution in [1.82, 2.24) is 0 Å². The molecule has 1 aliphatic rings. The number of carbonyl (C=O) groups is 1. The van der Waals surface area contributed by atoms with Crippen molar-refractivity contribution in [3.63, 3.8) is 0 Å². The van der Waals surface area contributed by atoms with Crippen LogP contribution in [0.15, 0.2) is 42.5 Å². The molecule has 1 heterocycles. The number of hydrogen-bond acceptors (Lipinski definition) is 4. The summed E-state index contributed by atoms with van der Waals surface area (Å²) in [6, 6.07) is 10.7. The summed E-state index contributed by atoms with van der Waals surface area (Å²) in [6.45, 7) is 0. The molecule has 0 saturated carbocycles. The molecule has 0 spiro atoms.